The number of nitrogens with zero attached hydrogens (tertiary/aromatic N) is 4. The van der Waals surface area contributed by atoms with Crippen molar-refractivity contribution in [1.29, 1.82) is 0 Å². The Hall–Kier alpha value is -3.16. The molecule has 0 bridgehead atoms. The lowest BCUT2D eigenvalue weighted by Gasteiger charge is -2.21. The molecule has 1 unspecified atom stereocenters. The largest absolute Gasteiger partial charge is 0.357 e. The summed E-state index contributed by atoms with van der Waals surface area (Å²) in [6, 6.07) is 13.1. The molecule has 1 aromatic carbocycles. The molecule has 1 amide bonds. The molecule has 2 aromatic rings. The number of likely N-dealkylation sites (N-methyl/N-ethyl adjacent to an activating group) is 1. The Labute approximate surface area is 183 Å². The maximum absolute atomic E-state index is 14.0. The molecule has 0 saturated carbocycles. The zero-order chi connectivity index (χ0) is 22.1. The summed E-state index contributed by atoms with van der Waals surface area (Å²) in [5, 5.41) is 6.57. The number of halogens is 1. The number of anilines is 1. The predicted molar refractivity (Wildman–Crippen MR) is 121 cm³/mol. The predicted octanol–water partition coefficient (Wildman–Crippen LogP) is 2.40. The van der Waals surface area contributed by atoms with Crippen LogP contribution in [0.15, 0.2) is 53.7 Å². The van der Waals surface area contributed by atoms with Crippen LogP contribution in [0.25, 0.3) is 0 Å². The number of carbonyl (C=O) groups is 1. The molecule has 7 nitrogen and oxygen atoms in total. The van der Waals surface area contributed by atoms with Crippen LogP contribution in [0.2, 0.25) is 0 Å². The van der Waals surface area contributed by atoms with Crippen molar-refractivity contribution in [2.24, 2.45) is 4.99 Å². The highest BCUT2D eigenvalue weighted by molar-refractivity contribution is 5.85. The van der Waals surface area contributed by atoms with Gasteiger partial charge in [0.25, 0.3) is 0 Å². The van der Waals surface area contributed by atoms with Crippen LogP contribution in [0.3, 0.4) is 0 Å². The third kappa shape index (κ3) is 6.41. The number of amides is 1. The lowest BCUT2D eigenvalue weighted by molar-refractivity contribution is -0.130. The van der Waals surface area contributed by atoms with Crippen LogP contribution in [0.4, 0.5) is 10.2 Å². The Kier molecular flexibility index (Phi) is 8.20. The minimum absolute atomic E-state index is 0.0211. The Balaban J connectivity index is 1.57. The highest BCUT2D eigenvalue weighted by atomic mass is 19.1. The summed E-state index contributed by atoms with van der Waals surface area (Å²) in [5.74, 6) is 0.642. The zero-order valence-corrected chi connectivity index (χ0v) is 18.2. The van der Waals surface area contributed by atoms with Crippen molar-refractivity contribution in [3.05, 3.63) is 60.0 Å². The van der Waals surface area contributed by atoms with Gasteiger partial charge in [-0.3, -0.25) is 4.79 Å². The van der Waals surface area contributed by atoms with Gasteiger partial charge in [0.05, 0.1) is 0 Å². The number of nitrogens with one attached hydrogen (secondary N) is 2. The summed E-state index contributed by atoms with van der Waals surface area (Å²) < 4.78 is 14.0. The van der Waals surface area contributed by atoms with Gasteiger partial charge < -0.3 is 20.4 Å². The minimum atomic E-state index is -0.313. The molecule has 31 heavy (non-hydrogen) atoms. The first-order valence-corrected chi connectivity index (χ1v) is 10.8. The van der Waals surface area contributed by atoms with Gasteiger partial charge in [0.2, 0.25) is 5.91 Å². The fraction of sp³-hybridized carbons (Fsp3) is 0.435. The van der Waals surface area contributed by atoms with Crippen molar-refractivity contribution in [2.75, 3.05) is 37.6 Å². The molecule has 166 valence electrons. The van der Waals surface area contributed by atoms with Crippen LogP contribution in [0.1, 0.15) is 25.8 Å². The smallest absolute Gasteiger partial charge is 0.244 e. The van der Waals surface area contributed by atoms with E-state index in [9.17, 15) is 9.18 Å². The molecule has 1 aliphatic heterocycles. The summed E-state index contributed by atoms with van der Waals surface area (Å²) >= 11 is 0. The number of benzene rings is 1. The van der Waals surface area contributed by atoms with Crippen LogP contribution in [-0.2, 0) is 11.3 Å². The SMILES string of the molecule is CCNC(=NCC(=O)N(CC)Cc1ccccc1)NC1CCN(c2ncccc2F)C1. The minimum Gasteiger partial charge on any atom is -0.357 e. The quantitative estimate of drug-likeness (QED) is 0.501. The highest BCUT2D eigenvalue weighted by Crippen LogP contribution is 2.20. The number of guanidine groups is 1. The summed E-state index contributed by atoms with van der Waals surface area (Å²) in [5.41, 5.74) is 1.10. The number of pyridine rings is 1. The van der Waals surface area contributed by atoms with Gasteiger partial charge in [-0.15, -0.1) is 0 Å². The summed E-state index contributed by atoms with van der Waals surface area (Å²) in [6.07, 6.45) is 2.44. The summed E-state index contributed by atoms with van der Waals surface area (Å²) in [4.78, 5) is 25.1. The number of aromatic nitrogens is 1. The van der Waals surface area contributed by atoms with E-state index < -0.39 is 0 Å². The fourth-order valence-corrected chi connectivity index (χ4v) is 3.62. The molecule has 0 aliphatic carbocycles. The normalized spacial score (nSPS) is 16.3. The van der Waals surface area contributed by atoms with E-state index in [-0.39, 0.29) is 24.3 Å². The van der Waals surface area contributed by atoms with Gasteiger partial charge in [0.15, 0.2) is 17.6 Å². The van der Waals surface area contributed by atoms with Crippen LogP contribution in [0, 0.1) is 5.82 Å². The molecule has 1 aromatic heterocycles. The summed E-state index contributed by atoms with van der Waals surface area (Å²) in [7, 11) is 0. The second-order valence-corrected chi connectivity index (χ2v) is 7.47. The standard InChI is InChI=1S/C23H31FN6O/c1-3-25-23(27-15-21(31)29(4-2)16-18-9-6-5-7-10-18)28-19-12-14-30(17-19)22-20(24)11-8-13-26-22/h5-11,13,19H,3-4,12,14-17H2,1-2H3,(H2,25,27,28). The number of aliphatic imine (C=N–C) groups is 1. The second kappa shape index (κ2) is 11.3. The molecule has 1 fully saturated rings. The van der Waals surface area contributed by atoms with Gasteiger partial charge in [-0.25, -0.2) is 14.4 Å². The third-order valence-electron chi connectivity index (χ3n) is 5.24. The Morgan fingerprint density at radius 3 is 2.77 bits per heavy atom. The van der Waals surface area contributed by atoms with E-state index >= 15 is 0 Å². The highest BCUT2D eigenvalue weighted by Gasteiger charge is 2.26. The van der Waals surface area contributed by atoms with Gasteiger partial charge in [0.1, 0.15) is 6.54 Å². The van der Waals surface area contributed by atoms with Crippen LogP contribution in [-0.4, -0.2) is 60.5 Å². The Morgan fingerprint density at radius 1 is 1.26 bits per heavy atom. The van der Waals surface area contributed by atoms with Crippen molar-refractivity contribution in [2.45, 2.75) is 32.9 Å². The first-order chi connectivity index (χ1) is 15.1. The first-order valence-electron chi connectivity index (χ1n) is 10.8. The van der Waals surface area contributed by atoms with Crippen molar-refractivity contribution >= 4 is 17.7 Å². The molecule has 0 spiro atoms. The van der Waals surface area contributed by atoms with Gasteiger partial charge in [0, 0.05) is 45.0 Å². The average molecular weight is 427 g/mol. The Bertz CT molecular complexity index is 875. The molecular weight excluding hydrogens is 395 g/mol. The van der Waals surface area contributed by atoms with E-state index in [1.165, 1.54) is 6.07 Å². The molecule has 1 saturated heterocycles. The van der Waals surface area contributed by atoms with E-state index in [2.05, 4.69) is 20.6 Å². The lowest BCUT2D eigenvalue weighted by Crippen LogP contribution is -2.45. The monoisotopic (exact) mass is 426 g/mol. The maximum atomic E-state index is 14.0. The number of rotatable bonds is 8. The van der Waals surface area contributed by atoms with Gasteiger partial charge >= 0.3 is 0 Å². The zero-order valence-electron chi connectivity index (χ0n) is 18.2. The Morgan fingerprint density at radius 2 is 2.06 bits per heavy atom. The lowest BCUT2D eigenvalue weighted by atomic mass is 10.2. The van der Waals surface area contributed by atoms with E-state index in [0.29, 0.717) is 44.5 Å². The number of hydrogen-bond donors (Lipinski definition) is 2. The van der Waals surface area contributed by atoms with E-state index in [1.807, 2.05) is 49.1 Å². The van der Waals surface area contributed by atoms with Crippen LogP contribution >= 0.6 is 0 Å². The maximum Gasteiger partial charge on any atom is 0.244 e. The van der Waals surface area contributed by atoms with Gasteiger partial charge in [-0.2, -0.15) is 0 Å². The summed E-state index contributed by atoms with van der Waals surface area (Å²) in [6.45, 7) is 7.25. The van der Waals surface area contributed by atoms with Gasteiger partial charge in [-0.05, 0) is 38.0 Å². The van der Waals surface area contributed by atoms with E-state index in [0.717, 1.165) is 12.0 Å². The molecule has 3 rings (SSSR count). The van der Waals surface area contributed by atoms with E-state index in [4.69, 9.17) is 0 Å². The van der Waals surface area contributed by atoms with Gasteiger partial charge in [-0.1, -0.05) is 30.3 Å². The van der Waals surface area contributed by atoms with Crippen molar-refractivity contribution in [3.8, 4) is 0 Å². The fourth-order valence-electron chi connectivity index (χ4n) is 3.62. The molecule has 8 heteroatoms. The third-order valence-corrected chi connectivity index (χ3v) is 5.24. The van der Waals surface area contributed by atoms with Crippen molar-refractivity contribution in [3.63, 3.8) is 0 Å². The first kappa shape index (κ1) is 22.5. The number of hydrogen-bond acceptors (Lipinski definition) is 4. The second-order valence-electron chi connectivity index (χ2n) is 7.47. The van der Waals surface area contributed by atoms with E-state index in [1.54, 1.807) is 17.2 Å². The van der Waals surface area contributed by atoms with Crippen molar-refractivity contribution in [1.82, 2.24) is 20.5 Å². The molecule has 2 N–H and O–H groups in total. The molecule has 1 aliphatic rings. The van der Waals surface area contributed by atoms with Crippen LogP contribution < -0.4 is 15.5 Å². The molecular formula is C23H31FN6O. The average Bonchev–Trinajstić information content (AvgIpc) is 3.25. The van der Waals surface area contributed by atoms with Crippen molar-refractivity contribution < 1.29 is 9.18 Å². The topological polar surface area (TPSA) is 72.9 Å². The van der Waals surface area contributed by atoms with Crippen LogP contribution in [0.5, 0.6) is 0 Å². The molecule has 0 radical (unpaired) electrons. The molecule has 1 atom stereocenters. The number of carbonyl (C=O) groups excluding carboxylic acids is 1. The molecule has 2 heterocycles.